The van der Waals surface area contributed by atoms with Gasteiger partial charge >= 0.3 is 6.18 Å². The van der Waals surface area contributed by atoms with E-state index in [0.29, 0.717) is 12.0 Å². The van der Waals surface area contributed by atoms with E-state index in [2.05, 4.69) is 20.8 Å². The third-order valence-electron chi connectivity index (χ3n) is 3.22. The van der Waals surface area contributed by atoms with Gasteiger partial charge in [0.1, 0.15) is 5.78 Å². The minimum atomic E-state index is -4.33. The fourth-order valence-corrected chi connectivity index (χ4v) is 2.62. The second kappa shape index (κ2) is 6.63. The van der Waals surface area contributed by atoms with Crippen LogP contribution in [0, 0.1) is 11.3 Å². The Morgan fingerprint density at radius 2 is 1.62 bits per heavy atom. The predicted octanol–water partition coefficient (Wildman–Crippen LogP) is 5.28. The molecule has 4 heteroatoms. The van der Waals surface area contributed by atoms with Gasteiger partial charge in [0.25, 0.3) is 0 Å². The van der Waals surface area contributed by atoms with Crippen molar-refractivity contribution in [3.8, 4) is 0 Å². The zero-order valence-corrected chi connectivity index (χ0v) is 13.1. The zero-order chi connectivity index (χ0) is 16.3. The molecule has 0 aliphatic heterocycles. The van der Waals surface area contributed by atoms with Crippen LogP contribution in [-0.2, 0) is 17.4 Å². The van der Waals surface area contributed by atoms with Crippen LogP contribution in [0.25, 0.3) is 0 Å². The molecule has 0 aliphatic rings. The standard InChI is InChI=1S/C17H23F3O/c1-12(11-16(2,3)4)9-15(21)10-13-5-7-14(8-6-13)17(18,19)20/h5-8,12H,9-11H2,1-4H3. The molecule has 1 atom stereocenters. The molecule has 118 valence electrons. The van der Waals surface area contributed by atoms with Gasteiger partial charge < -0.3 is 0 Å². The summed E-state index contributed by atoms with van der Waals surface area (Å²) in [6.07, 6.45) is -2.71. The van der Waals surface area contributed by atoms with Crippen LogP contribution in [0.15, 0.2) is 24.3 Å². The number of ketones is 1. The first-order chi connectivity index (χ1) is 9.47. The first-order valence-corrected chi connectivity index (χ1v) is 7.15. The summed E-state index contributed by atoms with van der Waals surface area (Å²) in [5.74, 6) is 0.360. The Hall–Kier alpha value is -1.32. The molecule has 1 rings (SSSR count). The molecule has 0 saturated carbocycles. The van der Waals surface area contributed by atoms with E-state index in [1.807, 2.05) is 6.92 Å². The minimum absolute atomic E-state index is 0.0755. The normalized spacial score (nSPS) is 14.0. The second-order valence-corrected chi connectivity index (χ2v) is 6.98. The van der Waals surface area contributed by atoms with E-state index in [4.69, 9.17) is 0 Å². The van der Waals surface area contributed by atoms with Gasteiger partial charge in [-0.15, -0.1) is 0 Å². The topological polar surface area (TPSA) is 17.1 Å². The molecule has 21 heavy (non-hydrogen) atoms. The average Bonchev–Trinajstić information content (AvgIpc) is 2.25. The fraction of sp³-hybridized carbons (Fsp3) is 0.588. The highest BCUT2D eigenvalue weighted by atomic mass is 19.4. The monoisotopic (exact) mass is 300 g/mol. The summed E-state index contributed by atoms with van der Waals surface area (Å²) in [4.78, 5) is 12.0. The molecule has 0 aliphatic carbocycles. The highest BCUT2D eigenvalue weighted by Crippen LogP contribution is 2.29. The molecule has 1 aromatic carbocycles. The summed E-state index contributed by atoms with van der Waals surface area (Å²) >= 11 is 0. The van der Waals surface area contributed by atoms with Crippen molar-refractivity contribution in [3.63, 3.8) is 0 Å². The Kier molecular flexibility index (Phi) is 5.60. The summed E-state index contributed by atoms with van der Waals surface area (Å²) in [5, 5.41) is 0. The van der Waals surface area contributed by atoms with Crippen molar-refractivity contribution >= 4 is 5.78 Å². The Balaban J connectivity index is 2.56. The second-order valence-electron chi connectivity index (χ2n) is 6.98. The van der Waals surface area contributed by atoms with E-state index in [0.717, 1.165) is 18.6 Å². The third kappa shape index (κ3) is 6.78. The maximum absolute atomic E-state index is 12.4. The fourth-order valence-electron chi connectivity index (χ4n) is 2.62. The molecule has 1 aromatic rings. The lowest BCUT2D eigenvalue weighted by molar-refractivity contribution is -0.137. The Bertz CT molecular complexity index is 466. The number of hydrogen-bond acceptors (Lipinski definition) is 1. The molecule has 0 spiro atoms. The number of Topliss-reactive ketones (excluding diaryl/α,β-unsaturated/α-hetero) is 1. The molecular formula is C17H23F3O. The van der Waals surface area contributed by atoms with Crippen LogP contribution >= 0.6 is 0 Å². The maximum Gasteiger partial charge on any atom is 0.416 e. The Labute approximate surface area is 124 Å². The molecule has 0 saturated heterocycles. The molecule has 1 nitrogen and oxygen atoms in total. The SMILES string of the molecule is CC(CC(=O)Cc1ccc(C(F)(F)F)cc1)CC(C)(C)C. The van der Waals surface area contributed by atoms with Crippen LogP contribution < -0.4 is 0 Å². The van der Waals surface area contributed by atoms with Crippen molar-refractivity contribution in [1.82, 2.24) is 0 Å². The molecule has 0 amide bonds. The van der Waals surface area contributed by atoms with Gasteiger partial charge in [-0.2, -0.15) is 13.2 Å². The number of carbonyl (C=O) groups is 1. The van der Waals surface area contributed by atoms with Gasteiger partial charge in [0.05, 0.1) is 5.56 Å². The summed E-state index contributed by atoms with van der Waals surface area (Å²) in [6.45, 7) is 8.42. The third-order valence-corrected chi connectivity index (χ3v) is 3.22. The largest absolute Gasteiger partial charge is 0.416 e. The van der Waals surface area contributed by atoms with Crippen LogP contribution in [0.2, 0.25) is 0 Å². The zero-order valence-electron chi connectivity index (χ0n) is 13.1. The number of hydrogen-bond donors (Lipinski definition) is 0. The van der Waals surface area contributed by atoms with Gasteiger partial charge in [0.15, 0.2) is 0 Å². The lowest BCUT2D eigenvalue weighted by Gasteiger charge is -2.22. The minimum Gasteiger partial charge on any atom is -0.299 e. The quantitative estimate of drug-likeness (QED) is 0.723. The van der Waals surface area contributed by atoms with Crippen molar-refractivity contribution in [3.05, 3.63) is 35.4 Å². The van der Waals surface area contributed by atoms with Crippen LogP contribution in [0.1, 0.15) is 51.7 Å². The lowest BCUT2D eigenvalue weighted by Crippen LogP contribution is -2.15. The molecule has 0 bridgehead atoms. The van der Waals surface area contributed by atoms with Crippen molar-refractivity contribution < 1.29 is 18.0 Å². The molecule has 0 radical (unpaired) electrons. The maximum atomic E-state index is 12.4. The summed E-state index contributed by atoms with van der Waals surface area (Å²) in [5.41, 5.74) is 0.129. The molecule has 0 heterocycles. The lowest BCUT2D eigenvalue weighted by atomic mass is 9.83. The number of halogens is 3. The van der Waals surface area contributed by atoms with Crippen LogP contribution in [0.5, 0.6) is 0 Å². The van der Waals surface area contributed by atoms with Crippen molar-refractivity contribution in [2.75, 3.05) is 0 Å². The Morgan fingerprint density at radius 1 is 1.10 bits per heavy atom. The highest BCUT2D eigenvalue weighted by molar-refractivity contribution is 5.81. The van der Waals surface area contributed by atoms with Gasteiger partial charge in [0.2, 0.25) is 0 Å². The van der Waals surface area contributed by atoms with Crippen LogP contribution in [0.4, 0.5) is 13.2 Å². The summed E-state index contributed by atoms with van der Waals surface area (Å²) < 4.78 is 37.3. The van der Waals surface area contributed by atoms with E-state index >= 15 is 0 Å². The van der Waals surface area contributed by atoms with Gasteiger partial charge in [-0.1, -0.05) is 39.8 Å². The van der Waals surface area contributed by atoms with Crippen molar-refractivity contribution in [2.45, 2.75) is 53.1 Å². The number of carbonyl (C=O) groups excluding carboxylic acids is 1. The summed E-state index contributed by atoms with van der Waals surface area (Å²) in [6, 6.07) is 4.83. The van der Waals surface area contributed by atoms with Crippen molar-refractivity contribution in [2.24, 2.45) is 11.3 Å². The Morgan fingerprint density at radius 3 is 2.05 bits per heavy atom. The first kappa shape index (κ1) is 17.7. The van der Waals surface area contributed by atoms with Crippen molar-refractivity contribution in [1.29, 1.82) is 0 Å². The number of rotatable bonds is 5. The van der Waals surface area contributed by atoms with E-state index in [1.165, 1.54) is 12.1 Å². The van der Waals surface area contributed by atoms with Gasteiger partial charge in [0, 0.05) is 12.8 Å². The average molecular weight is 300 g/mol. The van der Waals surface area contributed by atoms with E-state index < -0.39 is 11.7 Å². The van der Waals surface area contributed by atoms with E-state index in [9.17, 15) is 18.0 Å². The van der Waals surface area contributed by atoms with Gasteiger partial charge in [-0.3, -0.25) is 4.79 Å². The van der Waals surface area contributed by atoms with E-state index in [-0.39, 0.29) is 23.5 Å². The number of benzene rings is 1. The van der Waals surface area contributed by atoms with Crippen LogP contribution in [0.3, 0.4) is 0 Å². The molecule has 0 aromatic heterocycles. The highest BCUT2D eigenvalue weighted by Gasteiger charge is 2.30. The molecule has 1 unspecified atom stereocenters. The van der Waals surface area contributed by atoms with Gasteiger partial charge in [-0.05, 0) is 35.4 Å². The smallest absolute Gasteiger partial charge is 0.299 e. The molecular weight excluding hydrogens is 277 g/mol. The molecule has 0 fully saturated rings. The molecule has 0 N–H and O–H groups in total. The first-order valence-electron chi connectivity index (χ1n) is 7.15. The van der Waals surface area contributed by atoms with Gasteiger partial charge in [-0.25, -0.2) is 0 Å². The number of alkyl halides is 3. The predicted molar refractivity (Wildman–Crippen MR) is 78.0 cm³/mol. The van der Waals surface area contributed by atoms with Crippen LogP contribution in [-0.4, -0.2) is 5.78 Å². The van der Waals surface area contributed by atoms with E-state index in [1.54, 1.807) is 0 Å². The summed E-state index contributed by atoms with van der Waals surface area (Å²) in [7, 11) is 0.